The van der Waals surface area contributed by atoms with Gasteiger partial charge in [0.15, 0.2) is 0 Å². The van der Waals surface area contributed by atoms with Crippen LogP contribution in [0.25, 0.3) is 0 Å². The van der Waals surface area contributed by atoms with Crippen molar-refractivity contribution in [2.45, 2.75) is 40.5 Å². The van der Waals surface area contributed by atoms with Crippen LogP contribution in [0.2, 0.25) is 0 Å². The molecular formula is C94H85F5N22O5. The highest BCUT2D eigenvalue weighted by molar-refractivity contribution is 6.07. The SMILES string of the molecule is CN(c1cncnc1)c1cccc(NC(=O)c2cccc(C(C)(F)F)n2)c1.Cc1cccc(C(=O)Nc2cc(N(C)c3cncnc3)c(F)cc2F)c1.Cc1cccc(C(=O)Nc2cc(N(C)c3cncnc3)ccc2F)c1.Cc1cccc(C(=O)Nc2cccc(N(C)c3cncnc3)c2)c1.Cc1cccc(C(=O)Nc2cccc(N(C)c3cncnc3)c2)n1. The number of carbonyl (C=O) groups is 5. The fraction of sp³-hybridized carbons (Fsp3) is 0.117. The molecule has 0 saturated carbocycles. The molecule has 0 radical (unpaired) electrons. The zero-order valence-corrected chi connectivity index (χ0v) is 69.9. The van der Waals surface area contributed by atoms with Crippen molar-refractivity contribution >= 4 is 115 Å². The molecular weight excluding hydrogens is 1610 g/mol. The lowest BCUT2D eigenvalue weighted by Crippen LogP contribution is -2.18. The maximum Gasteiger partial charge on any atom is 0.287 e. The molecule has 15 rings (SSSR count). The number of aromatic nitrogens is 12. The third-order valence-corrected chi connectivity index (χ3v) is 18.8. The van der Waals surface area contributed by atoms with E-state index in [1.807, 2.05) is 173 Å². The van der Waals surface area contributed by atoms with Crippen LogP contribution >= 0.6 is 0 Å². The van der Waals surface area contributed by atoms with Gasteiger partial charge in [-0.1, -0.05) is 83.4 Å². The van der Waals surface area contributed by atoms with Crippen molar-refractivity contribution in [1.29, 1.82) is 0 Å². The summed E-state index contributed by atoms with van der Waals surface area (Å²) in [5.74, 6) is -6.99. The van der Waals surface area contributed by atoms with Gasteiger partial charge in [0, 0.05) is 110 Å². The number of aryl methyl sites for hydroxylation is 4. The number of amides is 5. The first-order valence-corrected chi connectivity index (χ1v) is 38.7. The Bertz CT molecular complexity index is 6100. The molecule has 126 heavy (non-hydrogen) atoms. The third-order valence-electron chi connectivity index (χ3n) is 18.8. The second-order valence-corrected chi connectivity index (χ2v) is 28.2. The van der Waals surface area contributed by atoms with Gasteiger partial charge in [-0.05, 0) is 167 Å². The van der Waals surface area contributed by atoms with Crippen molar-refractivity contribution in [3.05, 3.63) is 380 Å². The van der Waals surface area contributed by atoms with Gasteiger partial charge in [-0.2, -0.15) is 8.78 Å². The number of hydrogen-bond acceptors (Lipinski definition) is 22. The minimum absolute atomic E-state index is 0.0794. The molecule has 0 atom stereocenters. The predicted octanol–water partition coefficient (Wildman–Crippen LogP) is 19.0. The van der Waals surface area contributed by atoms with Crippen LogP contribution in [-0.2, 0) is 5.92 Å². The molecule has 27 nitrogen and oxygen atoms in total. The van der Waals surface area contributed by atoms with E-state index in [1.54, 1.807) is 135 Å². The van der Waals surface area contributed by atoms with Crippen LogP contribution in [0, 0.1) is 45.1 Å². The second-order valence-electron chi connectivity index (χ2n) is 28.2. The van der Waals surface area contributed by atoms with Crippen molar-refractivity contribution in [3.8, 4) is 0 Å². The topological polar surface area (TPSA) is 316 Å². The lowest BCUT2D eigenvalue weighted by Gasteiger charge is -2.20. The number of carbonyl (C=O) groups excluding carboxylic acids is 5. The molecule has 0 unspecified atom stereocenters. The van der Waals surface area contributed by atoms with Gasteiger partial charge in [0.1, 0.15) is 66.2 Å². The minimum Gasteiger partial charge on any atom is -0.342 e. The van der Waals surface area contributed by atoms with Gasteiger partial charge < -0.3 is 51.1 Å². The molecule has 32 heteroatoms. The zero-order chi connectivity index (χ0) is 89.8. The van der Waals surface area contributed by atoms with Crippen LogP contribution in [0.15, 0.2) is 306 Å². The average Bonchev–Trinajstić information content (AvgIpc) is 0.793. The lowest BCUT2D eigenvalue weighted by molar-refractivity contribution is 0.0126. The molecule has 0 fully saturated rings. The Morgan fingerprint density at radius 2 is 0.611 bits per heavy atom. The van der Waals surface area contributed by atoms with Crippen LogP contribution in [0.1, 0.15) is 87.1 Å². The van der Waals surface area contributed by atoms with Crippen molar-refractivity contribution < 1.29 is 45.9 Å². The molecule has 0 spiro atoms. The summed E-state index contributed by atoms with van der Waals surface area (Å²) in [6.45, 7) is 8.31. The first kappa shape index (κ1) is 90.2. The van der Waals surface area contributed by atoms with E-state index in [2.05, 4.69) is 86.4 Å². The summed E-state index contributed by atoms with van der Waals surface area (Å²) in [4.78, 5) is 119. The first-order chi connectivity index (χ1) is 60.6. The molecule has 5 N–H and O–H groups in total. The monoisotopic (exact) mass is 1700 g/mol. The largest absolute Gasteiger partial charge is 0.342 e. The summed E-state index contributed by atoms with van der Waals surface area (Å²) < 4.78 is 69.4. The molecule has 0 saturated heterocycles. The molecule has 8 aromatic carbocycles. The summed E-state index contributed by atoms with van der Waals surface area (Å²) in [6, 6.07) is 59.7. The summed E-state index contributed by atoms with van der Waals surface area (Å²) >= 11 is 0. The van der Waals surface area contributed by atoms with Crippen LogP contribution in [0.4, 0.5) is 107 Å². The number of nitrogens with zero attached hydrogens (tertiary/aromatic N) is 17. The lowest BCUT2D eigenvalue weighted by atomic mass is 10.1. The van der Waals surface area contributed by atoms with Crippen LogP contribution in [0.3, 0.4) is 0 Å². The summed E-state index contributed by atoms with van der Waals surface area (Å²) in [6.07, 6.45) is 23.8. The van der Waals surface area contributed by atoms with Crippen LogP contribution in [-0.4, -0.2) is 125 Å². The van der Waals surface area contributed by atoms with E-state index in [9.17, 15) is 45.9 Å². The molecule has 5 amide bonds. The maximum absolute atomic E-state index is 14.2. The van der Waals surface area contributed by atoms with Crippen LogP contribution < -0.4 is 51.1 Å². The van der Waals surface area contributed by atoms with Gasteiger partial charge in [-0.15, -0.1) is 0 Å². The number of rotatable bonds is 21. The van der Waals surface area contributed by atoms with E-state index in [0.29, 0.717) is 45.1 Å². The van der Waals surface area contributed by atoms with Gasteiger partial charge in [-0.3, -0.25) is 24.0 Å². The van der Waals surface area contributed by atoms with Crippen molar-refractivity contribution in [3.63, 3.8) is 0 Å². The number of nitrogens with one attached hydrogen (secondary N) is 5. The van der Waals surface area contributed by atoms with Crippen molar-refractivity contribution in [1.82, 2.24) is 59.8 Å². The third kappa shape index (κ3) is 25.5. The summed E-state index contributed by atoms with van der Waals surface area (Å²) in [5, 5.41) is 13.6. The molecule has 7 heterocycles. The van der Waals surface area contributed by atoms with E-state index in [-0.39, 0.29) is 40.5 Å². The molecule has 636 valence electrons. The Kier molecular flexibility index (Phi) is 30.9. The normalized spacial score (nSPS) is 10.5. The highest BCUT2D eigenvalue weighted by Crippen LogP contribution is 2.34. The van der Waals surface area contributed by atoms with Crippen molar-refractivity contribution in [2.24, 2.45) is 0 Å². The smallest absolute Gasteiger partial charge is 0.287 e. The highest BCUT2D eigenvalue weighted by Gasteiger charge is 2.28. The minimum atomic E-state index is -3.11. The Labute approximate surface area is 723 Å². The van der Waals surface area contributed by atoms with Gasteiger partial charge >= 0.3 is 0 Å². The van der Waals surface area contributed by atoms with E-state index in [0.717, 1.165) is 80.9 Å². The number of pyridine rings is 2. The van der Waals surface area contributed by atoms with Gasteiger partial charge in [-0.25, -0.2) is 73.0 Å². The Balaban J connectivity index is 0.000000153. The van der Waals surface area contributed by atoms with E-state index >= 15 is 0 Å². The Hall–Kier alpha value is -16.5. The average molecular weight is 1700 g/mol. The molecule has 15 aromatic rings. The molecule has 7 aromatic heterocycles. The maximum atomic E-state index is 14.2. The number of alkyl halides is 2. The quantitative estimate of drug-likeness (QED) is 0.0417. The molecule has 0 aliphatic heterocycles. The van der Waals surface area contributed by atoms with Gasteiger partial charge in [0.25, 0.3) is 35.5 Å². The van der Waals surface area contributed by atoms with Crippen molar-refractivity contribution in [2.75, 3.05) is 86.3 Å². The first-order valence-electron chi connectivity index (χ1n) is 38.7. The second kappa shape index (κ2) is 43.1. The van der Waals surface area contributed by atoms with Gasteiger partial charge in [0.05, 0.1) is 107 Å². The van der Waals surface area contributed by atoms with Gasteiger partial charge in [0.2, 0.25) is 0 Å². The number of halogens is 5. The highest BCUT2D eigenvalue weighted by atomic mass is 19.3. The molecule has 0 aliphatic rings. The van der Waals surface area contributed by atoms with E-state index in [4.69, 9.17) is 0 Å². The predicted molar refractivity (Wildman–Crippen MR) is 479 cm³/mol. The zero-order valence-electron chi connectivity index (χ0n) is 69.9. The fourth-order valence-electron chi connectivity index (χ4n) is 12.0. The number of benzene rings is 8. The van der Waals surface area contributed by atoms with Crippen LogP contribution in [0.5, 0.6) is 0 Å². The fourth-order valence-corrected chi connectivity index (χ4v) is 12.0. The summed E-state index contributed by atoms with van der Waals surface area (Å²) in [5.41, 5.74) is 14.3. The molecule has 0 aliphatic carbocycles. The number of hydrogen-bond donors (Lipinski definition) is 5. The van der Waals surface area contributed by atoms with E-state index in [1.165, 1.54) is 79.3 Å². The Morgan fingerprint density at radius 3 is 0.976 bits per heavy atom. The Morgan fingerprint density at radius 1 is 0.294 bits per heavy atom. The molecule has 0 bridgehead atoms. The van der Waals surface area contributed by atoms with E-state index < -0.39 is 40.9 Å². The standard InChI is InChI=1S/C19H17F2N5O.C19H16F2N4O.C19H17FN4O.C19H18N4O.C18H17N5O/c1-19(20,21)17-8-4-7-16(25-17)18(27)24-13-5-3-6-14(9-13)26(2)15-10-22-12-23-11-15;1-12-4-3-5-13(6-12)19(26)24-17-8-18(16(21)7-15(17)20)25(2)14-9-22-11-23-10-14;1-13-4-3-5-14(8-13)19(25)23-18-9-15(6-7-17(18)20)24(2)16-10-21-12-22-11-16;1-14-5-3-6-15(9-14)19(24)22-16-7-4-8-17(10-16)23(2)18-11-20-13-21-12-18;1-13-5-3-8-17(21-13)18(24)22-14-6-4-7-15(9-14)23(2)16-10-19-12-20-11-16/h3-12H,1-2H3,(H,24,27);3-11H,1-2H3,(H,24,26);3-12H,1-2H3,(H,23,25);3-13H,1-2H3,(H,22,24);3-12H,1-2H3,(H,22,24). The summed E-state index contributed by atoms with van der Waals surface area (Å²) in [7, 11) is 9.11. The number of anilines is 15.